The molecule has 0 aromatic carbocycles. The maximum Gasteiger partial charge on any atom is 0.361 e. The first kappa shape index (κ1) is 58.5. The molecule has 0 aliphatic heterocycles. The van der Waals surface area contributed by atoms with Crippen LogP contribution in [0.2, 0.25) is 0 Å². The fraction of sp³-hybridized carbons (Fsp3) is 0.827. The second kappa shape index (κ2) is 44.1. The number of carbonyl (C=O) groups excluding carboxylic acids is 2. The monoisotopic (exact) mass is 863 g/mol. The molecule has 0 saturated heterocycles. The van der Waals surface area contributed by atoms with E-state index in [9.17, 15) is 19.5 Å². The van der Waals surface area contributed by atoms with Crippen molar-refractivity contribution in [3.63, 3.8) is 0 Å². The van der Waals surface area contributed by atoms with Crippen LogP contribution < -0.4 is 0 Å². The second-order valence-corrected chi connectivity index (χ2v) is 18.1. The van der Waals surface area contributed by atoms with Gasteiger partial charge in [0, 0.05) is 12.8 Å². The van der Waals surface area contributed by atoms with Crippen LogP contribution in [0.1, 0.15) is 219 Å². The Morgan fingerprint density at radius 1 is 0.492 bits per heavy atom. The van der Waals surface area contributed by atoms with Crippen molar-refractivity contribution >= 4 is 17.9 Å². The van der Waals surface area contributed by atoms with Gasteiger partial charge in [-0.15, -0.1) is 0 Å². The zero-order valence-corrected chi connectivity index (χ0v) is 40.3. The van der Waals surface area contributed by atoms with E-state index in [0.717, 1.165) is 51.4 Å². The van der Waals surface area contributed by atoms with Gasteiger partial charge in [0.1, 0.15) is 13.2 Å². The molecule has 0 aromatic heterocycles. The molecule has 2 atom stereocenters. The molecule has 0 saturated carbocycles. The van der Waals surface area contributed by atoms with E-state index in [0.29, 0.717) is 23.9 Å². The lowest BCUT2D eigenvalue weighted by molar-refractivity contribution is -0.870. The number of unbranched alkanes of at least 4 members (excludes halogenated alkanes) is 25. The summed E-state index contributed by atoms with van der Waals surface area (Å²) in [5.74, 6) is -2.01. The van der Waals surface area contributed by atoms with E-state index in [2.05, 4.69) is 50.3 Å². The highest BCUT2D eigenvalue weighted by atomic mass is 16.7. The number of nitrogens with zero attached hydrogens (tertiary/aromatic N) is 1. The van der Waals surface area contributed by atoms with Gasteiger partial charge in [-0.3, -0.25) is 9.59 Å². The molecule has 9 heteroatoms. The standard InChI is InChI=1S/C52H95NO8/c1-6-8-10-12-14-16-18-20-22-24-25-27-29-31-33-35-37-39-41-43-50(55)61-48(47-60-52(51(56)57)58-45-44-53(3,4)5)46-59-49(54)42-40-38-36-34-32-30-28-26-23-21-19-17-15-13-11-9-7-2/h14,16,20-23,48,52H,6-13,15,17-19,24-47H2,1-5H3/p+1/b16-14-,22-20-,23-21-. The zero-order chi connectivity index (χ0) is 44.9. The molecule has 2 unspecified atom stereocenters. The molecule has 0 spiro atoms. The molecule has 61 heavy (non-hydrogen) atoms. The Morgan fingerprint density at radius 3 is 1.34 bits per heavy atom. The van der Waals surface area contributed by atoms with Gasteiger partial charge in [-0.25, -0.2) is 4.79 Å². The highest BCUT2D eigenvalue weighted by molar-refractivity contribution is 5.71. The summed E-state index contributed by atoms with van der Waals surface area (Å²) in [6, 6.07) is 0. The van der Waals surface area contributed by atoms with Gasteiger partial charge in [-0.2, -0.15) is 0 Å². The summed E-state index contributed by atoms with van der Waals surface area (Å²) in [5, 5.41) is 9.66. The van der Waals surface area contributed by atoms with Crippen molar-refractivity contribution in [2.24, 2.45) is 0 Å². The topological polar surface area (TPSA) is 108 Å². The van der Waals surface area contributed by atoms with Gasteiger partial charge < -0.3 is 28.5 Å². The van der Waals surface area contributed by atoms with Crippen molar-refractivity contribution in [3.05, 3.63) is 36.5 Å². The molecular weight excluding hydrogens is 767 g/mol. The van der Waals surface area contributed by atoms with Crippen LogP contribution in [0.25, 0.3) is 0 Å². The lowest BCUT2D eigenvalue weighted by Gasteiger charge is -2.25. The molecule has 1 N–H and O–H groups in total. The molecule has 0 bridgehead atoms. The first-order valence-electron chi connectivity index (χ1n) is 25.2. The molecule has 0 rings (SSSR count). The second-order valence-electron chi connectivity index (χ2n) is 18.1. The Labute approximate surface area is 375 Å². The van der Waals surface area contributed by atoms with E-state index >= 15 is 0 Å². The third kappa shape index (κ3) is 45.4. The van der Waals surface area contributed by atoms with Gasteiger partial charge in [0.05, 0.1) is 34.4 Å². The maximum atomic E-state index is 12.8. The van der Waals surface area contributed by atoms with Crippen LogP contribution in [0.3, 0.4) is 0 Å². The van der Waals surface area contributed by atoms with Gasteiger partial charge in [0.2, 0.25) is 0 Å². The summed E-state index contributed by atoms with van der Waals surface area (Å²) in [5.41, 5.74) is 0. The molecule has 0 radical (unpaired) electrons. The number of likely N-dealkylation sites (N-methyl/N-ethyl adjacent to an activating group) is 1. The van der Waals surface area contributed by atoms with Crippen molar-refractivity contribution in [2.75, 3.05) is 47.5 Å². The minimum atomic E-state index is -1.51. The van der Waals surface area contributed by atoms with Crippen LogP contribution in [0.4, 0.5) is 0 Å². The molecule has 0 aliphatic carbocycles. The number of esters is 2. The molecule has 0 aromatic rings. The quantitative estimate of drug-likeness (QED) is 0.0212. The molecule has 0 amide bonds. The first-order valence-corrected chi connectivity index (χ1v) is 25.2. The molecule has 9 nitrogen and oxygen atoms in total. The highest BCUT2D eigenvalue weighted by Crippen LogP contribution is 2.15. The van der Waals surface area contributed by atoms with E-state index < -0.39 is 24.3 Å². The van der Waals surface area contributed by atoms with Crippen molar-refractivity contribution in [1.82, 2.24) is 0 Å². The molecule has 0 aliphatic rings. The minimum Gasteiger partial charge on any atom is -0.477 e. The summed E-state index contributed by atoms with van der Waals surface area (Å²) in [7, 11) is 5.96. The van der Waals surface area contributed by atoms with Gasteiger partial charge in [0.15, 0.2) is 6.10 Å². The van der Waals surface area contributed by atoms with Crippen LogP contribution >= 0.6 is 0 Å². The van der Waals surface area contributed by atoms with Crippen LogP contribution in [0, 0.1) is 0 Å². The maximum absolute atomic E-state index is 12.8. The Morgan fingerprint density at radius 2 is 0.885 bits per heavy atom. The minimum absolute atomic E-state index is 0.185. The predicted octanol–water partition coefficient (Wildman–Crippen LogP) is 13.8. The third-order valence-electron chi connectivity index (χ3n) is 10.9. The van der Waals surface area contributed by atoms with Crippen LogP contribution in [0.5, 0.6) is 0 Å². The Bertz CT molecular complexity index is 1100. The fourth-order valence-electron chi connectivity index (χ4n) is 6.92. The van der Waals surface area contributed by atoms with E-state index in [1.54, 1.807) is 0 Å². The zero-order valence-electron chi connectivity index (χ0n) is 40.3. The number of rotatable bonds is 46. The number of carboxylic acid groups (broad SMARTS) is 1. The summed E-state index contributed by atoms with van der Waals surface area (Å²) in [6.07, 6.45) is 47.7. The van der Waals surface area contributed by atoms with Gasteiger partial charge in [-0.1, -0.05) is 172 Å². The third-order valence-corrected chi connectivity index (χ3v) is 10.9. The van der Waals surface area contributed by atoms with Crippen molar-refractivity contribution in [3.8, 4) is 0 Å². The smallest absolute Gasteiger partial charge is 0.361 e. The van der Waals surface area contributed by atoms with Crippen molar-refractivity contribution < 1.29 is 42.9 Å². The summed E-state index contributed by atoms with van der Waals surface area (Å²) >= 11 is 0. The number of hydrogen-bond acceptors (Lipinski definition) is 7. The Hall–Kier alpha value is -2.49. The van der Waals surface area contributed by atoms with E-state index in [4.69, 9.17) is 18.9 Å². The van der Waals surface area contributed by atoms with E-state index in [-0.39, 0.29) is 32.2 Å². The average molecular weight is 863 g/mol. The molecule has 0 heterocycles. The predicted molar refractivity (Wildman–Crippen MR) is 254 cm³/mol. The van der Waals surface area contributed by atoms with Gasteiger partial charge in [0.25, 0.3) is 6.29 Å². The number of hydrogen-bond donors (Lipinski definition) is 1. The number of quaternary nitrogens is 1. The van der Waals surface area contributed by atoms with Crippen LogP contribution in [-0.4, -0.2) is 87.4 Å². The summed E-state index contributed by atoms with van der Waals surface area (Å²) in [6.45, 7) is 4.85. The molecular formula is C52H96NO8+. The van der Waals surface area contributed by atoms with Gasteiger partial charge >= 0.3 is 17.9 Å². The molecule has 0 fully saturated rings. The first-order chi connectivity index (χ1) is 29.6. The number of carbonyl (C=O) groups is 3. The highest BCUT2D eigenvalue weighted by Gasteiger charge is 2.25. The van der Waals surface area contributed by atoms with Crippen molar-refractivity contribution in [2.45, 2.75) is 232 Å². The summed E-state index contributed by atoms with van der Waals surface area (Å²) < 4.78 is 22.8. The number of aliphatic carboxylic acids is 1. The largest absolute Gasteiger partial charge is 0.477 e. The lowest BCUT2D eigenvalue weighted by atomic mass is 10.1. The Kier molecular flexibility index (Phi) is 42.3. The van der Waals surface area contributed by atoms with Crippen LogP contribution in [0.15, 0.2) is 36.5 Å². The average Bonchev–Trinajstić information content (AvgIpc) is 3.22. The number of allylic oxidation sites excluding steroid dienone is 6. The number of ether oxygens (including phenoxy) is 4. The van der Waals surface area contributed by atoms with E-state index in [1.807, 2.05) is 21.1 Å². The molecule has 356 valence electrons. The lowest BCUT2D eigenvalue weighted by Crippen LogP contribution is -2.40. The summed E-state index contributed by atoms with van der Waals surface area (Å²) in [4.78, 5) is 37.2. The number of carboxylic acids is 1. The Balaban J connectivity index is 4.37. The van der Waals surface area contributed by atoms with E-state index in [1.165, 1.54) is 135 Å². The van der Waals surface area contributed by atoms with Crippen molar-refractivity contribution in [1.29, 1.82) is 0 Å². The van der Waals surface area contributed by atoms with Gasteiger partial charge in [-0.05, 0) is 70.6 Å². The SMILES string of the molecule is CCCCC/C=C\C/C=C\CCCCCCCCCCCC(=O)OC(COC(=O)CCCCCCCCC/C=C\CCCCCCCC)COC(OCC[N+](C)(C)C)C(=O)O. The normalized spacial score (nSPS) is 13.1. The fourth-order valence-corrected chi connectivity index (χ4v) is 6.92. The van der Waals surface area contributed by atoms with Crippen LogP contribution in [-0.2, 0) is 33.3 Å².